The Bertz CT molecular complexity index is 700. The molecule has 0 atom stereocenters. The van der Waals surface area contributed by atoms with E-state index in [1.54, 1.807) is 54.8 Å². The second-order valence-electron chi connectivity index (χ2n) is 4.25. The van der Waals surface area contributed by atoms with Crippen LogP contribution in [-0.2, 0) is 0 Å². The van der Waals surface area contributed by atoms with Gasteiger partial charge in [0, 0.05) is 16.1 Å². The molecule has 0 aromatic heterocycles. The molecule has 4 nitrogen and oxygen atoms in total. The van der Waals surface area contributed by atoms with E-state index < -0.39 is 5.91 Å². The first-order valence-corrected chi connectivity index (χ1v) is 7.99. The molecule has 0 radical (unpaired) electrons. The zero-order valence-electron chi connectivity index (χ0n) is 11.7. The Balaban J connectivity index is 2.11. The van der Waals surface area contributed by atoms with Crippen LogP contribution in [-0.4, -0.2) is 23.2 Å². The fourth-order valence-electron chi connectivity index (χ4n) is 1.63. The molecule has 6 heteroatoms. The Morgan fingerprint density at radius 3 is 2.23 bits per heavy atom. The average Bonchev–Trinajstić information content (AvgIpc) is 2.55. The fraction of sp³-hybridized carbons (Fsp3) is 0.0625. The third kappa shape index (κ3) is 4.44. The van der Waals surface area contributed by atoms with Crippen molar-refractivity contribution >= 4 is 40.3 Å². The minimum atomic E-state index is -0.402. The van der Waals surface area contributed by atoms with Crippen molar-refractivity contribution in [1.29, 1.82) is 0 Å². The number of nitrogens with zero attached hydrogens (tertiary/aromatic N) is 1. The van der Waals surface area contributed by atoms with Crippen molar-refractivity contribution < 1.29 is 9.59 Å². The van der Waals surface area contributed by atoms with Crippen LogP contribution in [0.25, 0.3) is 0 Å². The van der Waals surface area contributed by atoms with Gasteiger partial charge in [-0.1, -0.05) is 41.6 Å². The van der Waals surface area contributed by atoms with Crippen LogP contribution in [0, 0.1) is 0 Å². The Hall–Kier alpha value is -2.11. The monoisotopic (exact) mass is 332 g/mol. The van der Waals surface area contributed by atoms with Crippen LogP contribution in [0.4, 0.5) is 0 Å². The largest absolute Gasteiger partial charge is 0.301 e. The van der Waals surface area contributed by atoms with Crippen molar-refractivity contribution in [1.82, 2.24) is 5.32 Å². The molecule has 0 fully saturated rings. The molecule has 22 heavy (non-hydrogen) atoms. The number of nitrogens with one attached hydrogen (secondary N) is 1. The van der Waals surface area contributed by atoms with Gasteiger partial charge in [-0.3, -0.25) is 9.59 Å². The van der Waals surface area contributed by atoms with Crippen LogP contribution in [0.15, 0.2) is 59.6 Å². The van der Waals surface area contributed by atoms with Gasteiger partial charge in [0.25, 0.3) is 11.8 Å². The number of amidine groups is 1. The van der Waals surface area contributed by atoms with E-state index in [1.165, 1.54) is 11.8 Å². The van der Waals surface area contributed by atoms with Crippen molar-refractivity contribution in [3.63, 3.8) is 0 Å². The first-order valence-electron chi connectivity index (χ1n) is 6.39. The van der Waals surface area contributed by atoms with Gasteiger partial charge in [-0.05, 0) is 42.7 Å². The van der Waals surface area contributed by atoms with Gasteiger partial charge in [0.2, 0.25) is 0 Å². The van der Waals surface area contributed by atoms with Gasteiger partial charge < -0.3 is 5.32 Å². The number of amides is 2. The molecule has 1 N–H and O–H groups in total. The standard InChI is InChI=1S/C16H13ClN2O2S/c1-22-16(18-14(20)11-5-3-2-4-6-11)19-15(21)12-7-9-13(17)10-8-12/h2-10H,1H3,(H,18,19,20,21). The van der Waals surface area contributed by atoms with Crippen molar-refractivity contribution in [3.8, 4) is 0 Å². The lowest BCUT2D eigenvalue weighted by molar-refractivity contribution is 0.0978. The second kappa shape index (κ2) is 7.77. The average molecular weight is 333 g/mol. The van der Waals surface area contributed by atoms with Crippen LogP contribution >= 0.6 is 23.4 Å². The van der Waals surface area contributed by atoms with Crippen molar-refractivity contribution in [2.24, 2.45) is 4.99 Å². The van der Waals surface area contributed by atoms with Crippen molar-refractivity contribution in [3.05, 3.63) is 70.7 Å². The fourth-order valence-corrected chi connectivity index (χ4v) is 2.13. The quantitative estimate of drug-likeness (QED) is 0.675. The number of rotatable bonds is 2. The van der Waals surface area contributed by atoms with E-state index in [1.807, 2.05) is 6.07 Å². The Kier molecular flexibility index (Phi) is 5.75. The van der Waals surface area contributed by atoms with Crippen molar-refractivity contribution in [2.75, 3.05) is 6.26 Å². The highest BCUT2D eigenvalue weighted by Crippen LogP contribution is 2.10. The summed E-state index contributed by atoms with van der Waals surface area (Å²) in [6.07, 6.45) is 1.74. The lowest BCUT2D eigenvalue weighted by Crippen LogP contribution is -2.29. The molecule has 0 unspecified atom stereocenters. The van der Waals surface area contributed by atoms with E-state index in [4.69, 9.17) is 11.6 Å². The number of benzene rings is 2. The Morgan fingerprint density at radius 2 is 1.64 bits per heavy atom. The molecule has 112 valence electrons. The predicted molar refractivity (Wildman–Crippen MR) is 90.6 cm³/mol. The minimum absolute atomic E-state index is 0.244. The van der Waals surface area contributed by atoms with E-state index in [2.05, 4.69) is 10.3 Å². The van der Waals surface area contributed by atoms with E-state index >= 15 is 0 Å². The van der Waals surface area contributed by atoms with Gasteiger partial charge in [-0.25, -0.2) is 0 Å². The molecule has 0 aliphatic heterocycles. The zero-order chi connectivity index (χ0) is 15.9. The molecule has 0 spiro atoms. The summed E-state index contributed by atoms with van der Waals surface area (Å²) in [5.74, 6) is -0.744. The highest BCUT2D eigenvalue weighted by Gasteiger charge is 2.11. The van der Waals surface area contributed by atoms with Crippen LogP contribution in [0.3, 0.4) is 0 Å². The maximum Gasteiger partial charge on any atom is 0.279 e. The number of carbonyl (C=O) groups excluding carboxylic acids is 2. The van der Waals surface area contributed by atoms with E-state index in [0.717, 1.165) is 0 Å². The number of halogens is 1. The highest BCUT2D eigenvalue weighted by atomic mass is 35.5. The molecule has 2 aromatic carbocycles. The van der Waals surface area contributed by atoms with Gasteiger partial charge in [0.05, 0.1) is 0 Å². The van der Waals surface area contributed by atoms with Crippen LogP contribution < -0.4 is 5.32 Å². The number of hydrogen-bond acceptors (Lipinski definition) is 3. The molecule has 0 aliphatic carbocycles. The number of hydrogen-bond donors (Lipinski definition) is 1. The predicted octanol–water partition coefficient (Wildman–Crippen LogP) is 3.63. The topological polar surface area (TPSA) is 58.5 Å². The van der Waals surface area contributed by atoms with Crippen LogP contribution in [0.1, 0.15) is 20.7 Å². The molecule has 0 saturated carbocycles. The molecule has 2 rings (SSSR count). The number of carbonyl (C=O) groups is 2. The Labute approximate surface area is 137 Å². The molecule has 0 bridgehead atoms. The SMILES string of the molecule is CSC(=NC(=O)c1ccccc1)NC(=O)c1ccc(Cl)cc1. The first kappa shape index (κ1) is 16.3. The van der Waals surface area contributed by atoms with E-state index in [0.29, 0.717) is 16.1 Å². The molecule has 2 aromatic rings. The third-order valence-electron chi connectivity index (χ3n) is 2.74. The van der Waals surface area contributed by atoms with Gasteiger partial charge >= 0.3 is 0 Å². The Morgan fingerprint density at radius 1 is 1.00 bits per heavy atom. The molecular weight excluding hydrogens is 320 g/mol. The minimum Gasteiger partial charge on any atom is -0.301 e. The van der Waals surface area contributed by atoms with Crippen LogP contribution in [0.2, 0.25) is 5.02 Å². The van der Waals surface area contributed by atoms with E-state index in [9.17, 15) is 9.59 Å². The van der Waals surface area contributed by atoms with Gasteiger partial charge in [-0.2, -0.15) is 4.99 Å². The van der Waals surface area contributed by atoms with Gasteiger partial charge in [0.1, 0.15) is 0 Å². The van der Waals surface area contributed by atoms with Gasteiger partial charge in [0.15, 0.2) is 5.17 Å². The maximum absolute atomic E-state index is 12.1. The zero-order valence-corrected chi connectivity index (χ0v) is 13.3. The normalized spacial score (nSPS) is 11.1. The van der Waals surface area contributed by atoms with Gasteiger partial charge in [-0.15, -0.1) is 0 Å². The summed E-state index contributed by atoms with van der Waals surface area (Å²) >= 11 is 6.97. The lowest BCUT2D eigenvalue weighted by atomic mass is 10.2. The molecular formula is C16H13ClN2O2S. The summed E-state index contributed by atoms with van der Waals surface area (Å²) in [5.41, 5.74) is 0.910. The highest BCUT2D eigenvalue weighted by molar-refractivity contribution is 8.13. The molecule has 0 aliphatic rings. The smallest absolute Gasteiger partial charge is 0.279 e. The molecule has 0 saturated heterocycles. The summed E-state index contributed by atoms with van der Waals surface area (Å²) < 4.78 is 0. The molecule has 0 heterocycles. The molecule has 2 amide bonds. The summed E-state index contributed by atoms with van der Waals surface area (Å²) in [7, 11) is 0. The summed E-state index contributed by atoms with van der Waals surface area (Å²) in [6.45, 7) is 0. The maximum atomic E-state index is 12.1. The number of aliphatic imine (C=N–C) groups is 1. The first-order chi connectivity index (χ1) is 10.6. The summed E-state index contributed by atoms with van der Waals surface area (Å²) in [6, 6.07) is 15.1. The summed E-state index contributed by atoms with van der Waals surface area (Å²) in [5, 5.41) is 3.41. The third-order valence-corrected chi connectivity index (χ3v) is 3.58. The summed E-state index contributed by atoms with van der Waals surface area (Å²) in [4.78, 5) is 28.0. The van der Waals surface area contributed by atoms with Crippen LogP contribution in [0.5, 0.6) is 0 Å². The van der Waals surface area contributed by atoms with Crippen molar-refractivity contribution in [2.45, 2.75) is 0 Å². The van der Waals surface area contributed by atoms with E-state index in [-0.39, 0.29) is 11.1 Å². The lowest BCUT2D eigenvalue weighted by Gasteiger charge is -2.06. The number of thioether (sulfide) groups is 1. The second-order valence-corrected chi connectivity index (χ2v) is 5.48.